The van der Waals surface area contributed by atoms with Crippen LogP contribution in [0.1, 0.15) is 30.6 Å². The first-order valence-electron chi connectivity index (χ1n) is 7.62. The van der Waals surface area contributed by atoms with Gasteiger partial charge in [-0.1, -0.05) is 30.7 Å². The Hall–Kier alpha value is -2.12. The molecule has 1 atom stereocenters. The first-order valence-corrected chi connectivity index (χ1v) is 9.48. The topological polar surface area (TPSA) is 75.3 Å². The Morgan fingerprint density at radius 3 is 2.56 bits per heavy atom. The second-order valence-corrected chi connectivity index (χ2v) is 7.57. The fraction of sp³-hybridized carbons (Fsp3) is 0.235. The van der Waals surface area contributed by atoms with Crippen molar-refractivity contribution in [1.29, 1.82) is 0 Å². The SMILES string of the molecule is CCC(C)NC(=O)c1ccccc1NS(=O)(=O)c1ccc(F)cc1Cl. The number of para-hydroxylation sites is 1. The van der Waals surface area contributed by atoms with Crippen molar-refractivity contribution < 1.29 is 17.6 Å². The minimum Gasteiger partial charge on any atom is -0.350 e. The van der Waals surface area contributed by atoms with Crippen molar-refractivity contribution in [3.05, 3.63) is 58.9 Å². The van der Waals surface area contributed by atoms with Gasteiger partial charge in [0.05, 0.1) is 16.3 Å². The van der Waals surface area contributed by atoms with E-state index in [-0.39, 0.29) is 27.2 Å². The van der Waals surface area contributed by atoms with Crippen molar-refractivity contribution in [3.8, 4) is 0 Å². The number of nitrogens with one attached hydrogen (secondary N) is 2. The summed E-state index contributed by atoms with van der Waals surface area (Å²) in [6.07, 6.45) is 0.741. The van der Waals surface area contributed by atoms with E-state index >= 15 is 0 Å². The van der Waals surface area contributed by atoms with Gasteiger partial charge in [-0.25, -0.2) is 12.8 Å². The van der Waals surface area contributed by atoms with E-state index in [9.17, 15) is 17.6 Å². The Bertz CT molecular complexity index is 887. The zero-order valence-corrected chi connectivity index (χ0v) is 15.3. The first-order chi connectivity index (χ1) is 11.7. The molecule has 0 radical (unpaired) electrons. The van der Waals surface area contributed by atoms with E-state index < -0.39 is 21.7 Å². The number of benzene rings is 2. The van der Waals surface area contributed by atoms with Crippen molar-refractivity contribution in [3.63, 3.8) is 0 Å². The Morgan fingerprint density at radius 1 is 1.24 bits per heavy atom. The van der Waals surface area contributed by atoms with E-state index in [4.69, 9.17) is 11.6 Å². The molecule has 2 aromatic carbocycles. The molecule has 0 saturated carbocycles. The molecule has 1 amide bonds. The third-order valence-corrected chi connectivity index (χ3v) is 5.44. The second kappa shape index (κ2) is 7.84. The molecule has 0 saturated heterocycles. The number of amides is 1. The van der Waals surface area contributed by atoms with Crippen molar-refractivity contribution in [1.82, 2.24) is 5.32 Å². The van der Waals surface area contributed by atoms with E-state index in [0.717, 1.165) is 24.6 Å². The lowest BCUT2D eigenvalue weighted by molar-refractivity contribution is 0.0940. The number of carbonyl (C=O) groups excluding carboxylic acids is 1. The number of anilines is 1. The van der Waals surface area contributed by atoms with Gasteiger partial charge in [-0.05, 0) is 43.7 Å². The highest BCUT2D eigenvalue weighted by atomic mass is 35.5. The van der Waals surface area contributed by atoms with Crippen LogP contribution >= 0.6 is 11.6 Å². The fourth-order valence-electron chi connectivity index (χ4n) is 2.07. The minimum atomic E-state index is -4.08. The normalized spacial score (nSPS) is 12.5. The van der Waals surface area contributed by atoms with Gasteiger partial charge in [0.15, 0.2) is 0 Å². The molecule has 2 aromatic rings. The first kappa shape index (κ1) is 19.2. The Kier molecular flexibility index (Phi) is 6.02. The van der Waals surface area contributed by atoms with Crippen LogP contribution in [0.2, 0.25) is 5.02 Å². The largest absolute Gasteiger partial charge is 0.350 e. The molecule has 0 spiro atoms. The van der Waals surface area contributed by atoms with Gasteiger partial charge >= 0.3 is 0 Å². The molecule has 1 unspecified atom stereocenters. The molecule has 0 aliphatic rings. The standard InChI is InChI=1S/C17H18ClFN2O3S/c1-3-11(2)20-17(22)13-6-4-5-7-15(13)21-25(23,24)16-9-8-12(19)10-14(16)18/h4-11,21H,3H2,1-2H3,(H,20,22). The molecule has 2 rings (SSSR count). The molecule has 0 bridgehead atoms. The summed E-state index contributed by atoms with van der Waals surface area (Å²) in [6.45, 7) is 3.78. The second-order valence-electron chi connectivity index (χ2n) is 5.51. The molecular formula is C17H18ClFN2O3S. The monoisotopic (exact) mass is 384 g/mol. The number of rotatable bonds is 6. The van der Waals surface area contributed by atoms with Gasteiger partial charge in [-0.2, -0.15) is 0 Å². The van der Waals surface area contributed by atoms with Crippen LogP contribution < -0.4 is 10.0 Å². The summed E-state index contributed by atoms with van der Waals surface area (Å²) in [6, 6.07) is 9.16. The van der Waals surface area contributed by atoms with Crippen molar-refractivity contribution >= 4 is 33.2 Å². The molecule has 0 fully saturated rings. The van der Waals surface area contributed by atoms with E-state index in [1.165, 1.54) is 12.1 Å². The van der Waals surface area contributed by atoms with Crippen molar-refractivity contribution in [2.45, 2.75) is 31.2 Å². The van der Waals surface area contributed by atoms with Crippen molar-refractivity contribution in [2.24, 2.45) is 0 Å². The van der Waals surface area contributed by atoms with Crippen molar-refractivity contribution in [2.75, 3.05) is 4.72 Å². The molecule has 0 heterocycles. The van der Waals surface area contributed by atoms with Crippen LogP contribution in [0, 0.1) is 5.82 Å². The minimum absolute atomic E-state index is 0.0521. The molecule has 8 heteroatoms. The van der Waals surface area contributed by atoms with Gasteiger partial charge in [0, 0.05) is 6.04 Å². The summed E-state index contributed by atoms with van der Waals surface area (Å²) in [5, 5.41) is 2.54. The van der Waals surface area contributed by atoms with Crippen LogP contribution in [0.5, 0.6) is 0 Å². The summed E-state index contributed by atoms with van der Waals surface area (Å²) in [5.74, 6) is -1.03. The lowest BCUT2D eigenvalue weighted by atomic mass is 10.1. The van der Waals surface area contributed by atoms with Gasteiger partial charge in [0.2, 0.25) is 0 Å². The van der Waals surface area contributed by atoms with Crippen LogP contribution in [0.25, 0.3) is 0 Å². The van der Waals surface area contributed by atoms with E-state index in [1.807, 2.05) is 13.8 Å². The molecule has 134 valence electrons. The zero-order valence-electron chi connectivity index (χ0n) is 13.7. The van der Waals surface area contributed by atoms with Crippen LogP contribution in [-0.4, -0.2) is 20.4 Å². The quantitative estimate of drug-likeness (QED) is 0.795. The number of hydrogen-bond acceptors (Lipinski definition) is 3. The molecular weight excluding hydrogens is 367 g/mol. The number of halogens is 2. The van der Waals surface area contributed by atoms with Crippen LogP contribution in [-0.2, 0) is 10.0 Å². The highest BCUT2D eigenvalue weighted by Gasteiger charge is 2.21. The average Bonchev–Trinajstić information content (AvgIpc) is 2.54. The fourth-order valence-corrected chi connectivity index (χ4v) is 3.68. The van der Waals surface area contributed by atoms with E-state index in [0.29, 0.717) is 0 Å². The summed E-state index contributed by atoms with van der Waals surface area (Å²) in [4.78, 5) is 12.1. The Labute approximate surface area is 151 Å². The van der Waals surface area contributed by atoms with E-state index in [1.54, 1.807) is 12.1 Å². The van der Waals surface area contributed by atoms with Gasteiger partial charge in [-0.15, -0.1) is 0 Å². The lowest BCUT2D eigenvalue weighted by Crippen LogP contribution is -2.32. The molecule has 0 aliphatic carbocycles. The Balaban J connectivity index is 2.35. The van der Waals surface area contributed by atoms with Gasteiger partial charge in [-0.3, -0.25) is 9.52 Å². The molecule has 0 aromatic heterocycles. The highest BCUT2D eigenvalue weighted by Crippen LogP contribution is 2.26. The number of sulfonamides is 1. The van der Waals surface area contributed by atoms with E-state index in [2.05, 4.69) is 10.0 Å². The third kappa shape index (κ3) is 4.70. The Morgan fingerprint density at radius 2 is 1.92 bits per heavy atom. The average molecular weight is 385 g/mol. The summed E-state index contributed by atoms with van der Waals surface area (Å²) in [7, 11) is -4.08. The van der Waals surface area contributed by atoms with Gasteiger partial charge in [0.1, 0.15) is 10.7 Å². The van der Waals surface area contributed by atoms with Gasteiger partial charge < -0.3 is 5.32 Å². The summed E-state index contributed by atoms with van der Waals surface area (Å²) < 4.78 is 40.5. The predicted molar refractivity (Wildman–Crippen MR) is 95.9 cm³/mol. The maximum absolute atomic E-state index is 13.1. The van der Waals surface area contributed by atoms with Crippen LogP contribution in [0.4, 0.5) is 10.1 Å². The maximum atomic E-state index is 13.1. The number of carbonyl (C=O) groups is 1. The molecule has 0 aliphatic heterocycles. The smallest absolute Gasteiger partial charge is 0.263 e. The number of hydrogen-bond donors (Lipinski definition) is 2. The lowest BCUT2D eigenvalue weighted by Gasteiger charge is -2.15. The molecule has 2 N–H and O–H groups in total. The molecule has 5 nitrogen and oxygen atoms in total. The zero-order chi connectivity index (χ0) is 18.6. The maximum Gasteiger partial charge on any atom is 0.263 e. The predicted octanol–water partition coefficient (Wildman–Crippen LogP) is 3.81. The van der Waals surface area contributed by atoms with Crippen LogP contribution in [0.3, 0.4) is 0 Å². The van der Waals surface area contributed by atoms with Gasteiger partial charge in [0.25, 0.3) is 15.9 Å². The van der Waals surface area contributed by atoms with Crippen LogP contribution in [0.15, 0.2) is 47.4 Å². The third-order valence-electron chi connectivity index (χ3n) is 3.59. The summed E-state index contributed by atoms with van der Waals surface area (Å²) >= 11 is 5.83. The highest BCUT2D eigenvalue weighted by molar-refractivity contribution is 7.92. The summed E-state index contributed by atoms with van der Waals surface area (Å²) in [5.41, 5.74) is 0.299. The molecule has 25 heavy (non-hydrogen) atoms.